The Labute approximate surface area is 96.2 Å². The average Bonchev–Trinajstić information content (AvgIpc) is 1.99. The van der Waals surface area contributed by atoms with Gasteiger partial charge in [0.05, 0.1) is 13.1 Å². The maximum Gasteiger partial charge on any atom is 0.320 e. The molecule has 0 aliphatic heterocycles. The number of aliphatic carboxylic acids is 3. The Morgan fingerprint density at radius 3 is 1.60 bits per heavy atom. The molecular formula is C7H11FeNO6. The minimum absolute atomic E-state index is 0. The van der Waals surface area contributed by atoms with Crippen LogP contribution in [0, 0.1) is 0 Å². The summed E-state index contributed by atoms with van der Waals surface area (Å²) < 4.78 is 0. The van der Waals surface area contributed by atoms with Crippen LogP contribution >= 0.6 is 0 Å². The van der Waals surface area contributed by atoms with Crippen molar-refractivity contribution < 1.29 is 46.8 Å². The second-order valence-corrected chi connectivity index (χ2v) is 2.71. The zero-order valence-corrected chi connectivity index (χ0v) is 8.96. The van der Waals surface area contributed by atoms with E-state index in [2.05, 4.69) is 0 Å². The molecule has 1 atom stereocenters. The van der Waals surface area contributed by atoms with Crippen LogP contribution in [-0.4, -0.2) is 57.3 Å². The van der Waals surface area contributed by atoms with Crippen molar-refractivity contribution in [2.75, 3.05) is 13.1 Å². The van der Waals surface area contributed by atoms with E-state index in [1.807, 2.05) is 0 Å². The number of carboxylic acid groups (broad SMARTS) is 3. The molecule has 0 bridgehead atoms. The Kier molecular flexibility index (Phi) is 7.85. The normalized spacial score (nSPS) is 11.6. The van der Waals surface area contributed by atoms with E-state index in [1.165, 1.54) is 6.92 Å². The largest absolute Gasteiger partial charge is 0.480 e. The molecule has 0 aromatic rings. The third-order valence-electron chi connectivity index (χ3n) is 1.58. The molecule has 0 amide bonds. The van der Waals surface area contributed by atoms with Crippen molar-refractivity contribution in [2.24, 2.45) is 0 Å². The summed E-state index contributed by atoms with van der Waals surface area (Å²) in [6, 6.07) is -1.14. The van der Waals surface area contributed by atoms with Crippen LogP contribution in [0.5, 0.6) is 0 Å². The molecule has 0 saturated heterocycles. The molecule has 0 aromatic carbocycles. The van der Waals surface area contributed by atoms with E-state index < -0.39 is 37.0 Å². The molecule has 8 heteroatoms. The number of hydrogen-bond donors (Lipinski definition) is 3. The molecule has 3 N–H and O–H groups in total. The Morgan fingerprint density at radius 1 is 1.07 bits per heavy atom. The van der Waals surface area contributed by atoms with Crippen LogP contribution in [0.1, 0.15) is 6.92 Å². The Balaban J connectivity index is 0. The topological polar surface area (TPSA) is 115 Å². The van der Waals surface area contributed by atoms with Gasteiger partial charge in [-0.1, -0.05) is 0 Å². The fourth-order valence-electron chi connectivity index (χ4n) is 0.833. The van der Waals surface area contributed by atoms with Crippen LogP contribution in [0.3, 0.4) is 0 Å². The molecule has 1 unspecified atom stereocenters. The summed E-state index contributed by atoms with van der Waals surface area (Å²) in [5.41, 5.74) is 0. The van der Waals surface area contributed by atoms with E-state index in [0.29, 0.717) is 0 Å². The summed E-state index contributed by atoms with van der Waals surface area (Å²) in [6.45, 7) is 0.00769. The number of carboxylic acids is 3. The molecule has 0 saturated carbocycles. The second kappa shape index (κ2) is 7.22. The average molecular weight is 261 g/mol. The third-order valence-corrected chi connectivity index (χ3v) is 1.58. The van der Waals surface area contributed by atoms with Gasteiger partial charge < -0.3 is 15.3 Å². The smallest absolute Gasteiger partial charge is 0.320 e. The molecule has 7 nitrogen and oxygen atoms in total. The standard InChI is InChI=1S/C7H11NO6.Fe/c1-4(7(13)14)8(2-5(9)10)3-6(11)12;/h4H,2-3H2,1H3,(H,9,10)(H,11,12)(H,13,14);. The summed E-state index contributed by atoms with van der Waals surface area (Å²) in [5.74, 6) is -3.79. The summed E-state index contributed by atoms with van der Waals surface area (Å²) in [7, 11) is 0. The van der Waals surface area contributed by atoms with Gasteiger partial charge in [-0.05, 0) is 6.92 Å². The second-order valence-electron chi connectivity index (χ2n) is 2.71. The molecule has 0 rings (SSSR count). The first-order valence-electron chi connectivity index (χ1n) is 3.75. The fourth-order valence-corrected chi connectivity index (χ4v) is 0.833. The van der Waals surface area contributed by atoms with E-state index in [1.54, 1.807) is 0 Å². The van der Waals surface area contributed by atoms with Crippen molar-refractivity contribution in [2.45, 2.75) is 13.0 Å². The molecule has 0 heterocycles. The van der Waals surface area contributed by atoms with Gasteiger partial charge in [0, 0.05) is 17.1 Å². The summed E-state index contributed by atoms with van der Waals surface area (Å²) in [5, 5.41) is 25.4. The Morgan fingerprint density at radius 2 is 1.40 bits per heavy atom. The monoisotopic (exact) mass is 261 g/mol. The van der Waals surface area contributed by atoms with Gasteiger partial charge in [-0.25, -0.2) is 0 Å². The summed E-state index contributed by atoms with van der Waals surface area (Å²) in [4.78, 5) is 31.9. The number of hydrogen-bond acceptors (Lipinski definition) is 4. The van der Waals surface area contributed by atoms with Crippen molar-refractivity contribution in [1.29, 1.82) is 0 Å². The Hall–Kier alpha value is -1.11. The van der Waals surface area contributed by atoms with Crippen LogP contribution in [0.15, 0.2) is 0 Å². The van der Waals surface area contributed by atoms with E-state index in [-0.39, 0.29) is 17.1 Å². The maximum absolute atomic E-state index is 10.5. The van der Waals surface area contributed by atoms with E-state index in [9.17, 15) is 14.4 Å². The predicted molar refractivity (Wildman–Crippen MR) is 43.9 cm³/mol. The zero-order valence-electron chi connectivity index (χ0n) is 7.86. The minimum atomic E-state index is -1.26. The van der Waals surface area contributed by atoms with Gasteiger partial charge in [-0.2, -0.15) is 0 Å². The molecule has 88 valence electrons. The van der Waals surface area contributed by atoms with Gasteiger partial charge in [0.1, 0.15) is 6.04 Å². The van der Waals surface area contributed by atoms with Gasteiger partial charge >= 0.3 is 17.9 Å². The van der Waals surface area contributed by atoms with Crippen LogP contribution in [0.25, 0.3) is 0 Å². The number of carbonyl (C=O) groups is 3. The minimum Gasteiger partial charge on any atom is -0.480 e. The van der Waals surface area contributed by atoms with Crippen molar-refractivity contribution >= 4 is 17.9 Å². The van der Waals surface area contributed by atoms with Gasteiger partial charge in [-0.3, -0.25) is 19.3 Å². The van der Waals surface area contributed by atoms with Crippen LogP contribution in [0.2, 0.25) is 0 Å². The van der Waals surface area contributed by atoms with Crippen LogP contribution in [0.4, 0.5) is 0 Å². The predicted octanol–water partition coefficient (Wildman–Crippen LogP) is -1.07. The van der Waals surface area contributed by atoms with Gasteiger partial charge in [0.25, 0.3) is 0 Å². The van der Waals surface area contributed by atoms with Crippen molar-refractivity contribution in [1.82, 2.24) is 4.90 Å². The first kappa shape index (κ1) is 16.3. The van der Waals surface area contributed by atoms with E-state index in [0.717, 1.165) is 4.90 Å². The van der Waals surface area contributed by atoms with Crippen molar-refractivity contribution in [3.63, 3.8) is 0 Å². The van der Waals surface area contributed by atoms with Gasteiger partial charge in [0.2, 0.25) is 0 Å². The Bertz CT molecular complexity index is 240. The molecular weight excluding hydrogens is 250 g/mol. The summed E-state index contributed by atoms with van der Waals surface area (Å²) >= 11 is 0. The quantitative estimate of drug-likeness (QED) is 0.521. The molecule has 0 radical (unpaired) electrons. The maximum atomic E-state index is 10.5. The molecule has 0 aromatic heterocycles. The van der Waals surface area contributed by atoms with Crippen LogP contribution in [-0.2, 0) is 31.5 Å². The fraction of sp³-hybridized carbons (Fsp3) is 0.571. The van der Waals surface area contributed by atoms with Crippen molar-refractivity contribution in [3.8, 4) is 0 Å². The molecule has 0 aliphatic rings. The molecule has 0 spiro atoms. The molecule has 0 fully saturated rings. The SMILES string of the molecule is CC(C(=O)O)N(CC(=O)O)CC(=O)O.[Fe]. The van der Waals surface area contributed by atoms with E-state index in [4.69, 9.17) is 15.3 Å². The summed E-state index contributed by atoms with van der Waals surface area (Å²) in [6.07, 6.45) is 0. The molecule has 0 aliphatic carbocycles. The number of rotatable bonds is 6. The van der Waals surface area contributed by atoms with Crippen molar-refractivity contribution in [3.05, 3.63) is 0 Å². The first-order chi connectivity index (χ1) is 6.34. The van der Waals surface area contributed by atoms with Gasteiger partial charge in [-0.15, -0.1) is 0 Å². The number of nitrogens with zero attached hydrogens (tertiary/aromatic N) is 1. The van der Waals surface area contributed by atoms with Gasteiger partial charge in [0.15, 0.2) is 0 Å². The third kappa shape index (κ3) is 6.89. The van der Waals surface area contributed by atoms with E-state index >= 15 is 0 Å². The zero-order chi connectivity index (χ0) is 11.3. The molecule has 15 heavy (non-hydrogen) atoms. The first-order valence-corrected chi connectivity index (χ1v) is 3.75. The van der Waals surface area contributed by atoms with Crippen LogP contribution < -0.4 is 0 Å².